The van der Waals surface area contributed by atoms with Gasteiger partial charge in [0, 0.05) is 12.8 Å². The number of nitriles is 1. The van der Waals surface area contributed by atoms with E-state index in [2.05, 4.69) is 22.0 Å². The maximum Gasteiger partial charge on any atom is 0.472 e. The van der Waals surface area contributed by atoms with Crippen molar-refractivity contribution in [1.29, 1.82) is 5.26 Å². The first kappa shape index (κ1) is 45.5. The van der Waals surface area contributed by atoms with Gasteiger partial charge in [-0.3, -0.25) is 9.05 Å². The normalized spacial score (nSPS) is 21.2. The number of unbranched alkanes of at least 4 members (excludes halogenated alkanes) is 15. The van der Waals surface area contributed by atoms with Crippen molar-refractivity contribution in [1.82, 2.24) is 19.6 Å². The first-order chi connectivity index (χ1) is 27.2. The SMILES string of the molecule is CCCCCCCCCCCCCCCCCCOC[C@H](COP(=O)(O)OC[C@H]1O[C@@](C#N)(c2ccc3c(C)ncnn23)[C@H](O)[C@@H]1O)Oc1ncccc1OC. The van der Waals surface area contributed by atoms with Crippen LogP contribution in [0.5, 0.6) is 11.6 Å². The molecular weight excluding hydrogens is 741 g/mol. The average molecular weight is 804 g/mol. The van der Waals surface area contributed by atoms with Gasteiger partial charge in [-0.15, -0.1) is 0 Å². The molecule has 3 aromatic heterocycles. The zero-order valence-corrected chi connectivity index (χ0v) is 34.2. The molecule has 1 aliphatic rings. The molecule has 0 aromatic carbocycles. The Morgan fingerprint density at radius 2 is 1.57 bits per heavy atom. The summed E-state index contributed by atoms with van der Waals surface area (Å²) in [6, 6.07) is 8.51. The summed E-state index contributed by atoms with van der Waals surface area (Å²) in [6.45, 7) is 3.44. The summed E-state index contributed by atoms with van der Waals surface area (Å²) in [7, 11) is -3.30. The van der Waals surface area contributed by atoms with E-state index in [0.29, 0.717) is 23.6 Å². The van der Waals surface area contributed by atoms with Gasteiger partial charge in [-0.1, -0.05) is 103 Å². The number of rotatable bonds is 29. The fourth-order valence-corrected chi connectivity index (χ4v) is 7.66. The summed E-state index contributed by atoms with van der Waals surface area (Å²) >= 11 is 0. The maximum absolute atomic E-state index is 13.0. The van der Waals surface area contributed by atoms with Crippen LogP contribution >= 0.6 is 7.82 Å². The Labute approximate surface area is 331 Å². The number of aliphatic hydroxyl groups is 2. The van der Waals surface area contributed by atoms with Crippen molar-refractivity contribution in [2.24, 2.45) is 0 Å². The second-order valence-corrected chi connectivity index (χ2v) is 15.9. The van der Waals surface area contributed by atoms with E-state index in [-0.39, 0.29) is 18.2 Å². The molecule has 16 heteroatoms. The van der Waals surface area contributed by atoms with Crippen LogP contribution in [0, 0.1) is 18.3 Å². The van der Waals surface area contributed by atoms with Gasteiger partial charge in [0.15, 0.2) is 5.75 Å². The number of ether oxygens (including phenoxy) is 4. The molecule has 4 heterocycles. The van der Waals surface area contributed by atoms with E-state index >= 15 is 0 Å². The predicted molar refractivity (Wildman–Crippen MR) is 209 cm³/mol. The van der Waals surface area contributed by atoms with Crippen LogP contribution in [0.4, 0.5) is 0 Å². The molecule has 0 saturated carbocycles. The Kier molecular flexibility index (Phi) is 19.4. The van der Waals surface area contributed by atoms with Crippen molar-refractivity contribution in [3.05, 3.63) is 48.2 Å². The van der Waals surface area contributed by atoms with Crippen LogP contribution in [-0.4, -0.2) is 92.6 Å². The van der Waals surface area contributed by atoms with E-state index in [1.807, 2.05) is 6.07 Å². The average Bonchev–Trinajstić information content (AvgIpc) is 3.75. The smallest absolute Gasteiger partial charge is 0.472 e. The summed E-state index contributed by atoms with van der Waals surface area (Å²) < 4.78 is 48.0. The molecular formula is C40H62N5O10P. The third-order valence-electron chi connectivity index (χ3n) is 10.2. The third-order valence-corrected chi connectivity index (χ3v) is 11.1. The van der Waals surface area contributed by atoms with Crippen LogP contribution in [0.25, 0.3) is 5.52 Å². The molecule has 0 amide bonds. The summed E-state index contributed by atoms with van der Waals surface area (Å²) in [4.78, 5) is 18.9. The van der Waals surface area contributed by atoms with Gasteiger partial charge in [0.05, 0.1) is 43.8 Å². The van der Waals surface area contributed by atoms with Crippen LogP contribution in [-0.2, 0) is 28.7 Å². The van der Waals surface area contributed by atoms with Crippen molar-refractivity contribution in [2.45, 2.75) is 147 Å². The highest BCUT2D eigenvalue weighted by molar-refractivity contribution is 7.47. The molecule has 1 fully saturated rings. The Morgan fingerprint density at radius 3 is 2.20 bits per heavy atom. The van der Waals surface area contributed by atoms with Crippen LogP contribution in [0.2, 0.25) is 0 Å². The number of hydrogen-bond acceptors (Lipinski definition) is 13. The van der Waals surface area contributed by atoms with Gasteiger partial charge in [-0.2, -0.15) is 10.4 Å². The second kappa shape index (κ2) is 23.9. The number of nitrogens with zero attached hydrogens (tertiary/aromatic N) is 5. The fourth-order valence-electron chi connectivity index (χ4n) is 6.90. The van der Waals surface area contributed by atoms with E-state index in [0.717, 1.165) is 19.3 Å². The van der Waals surface area contributed by atoms with Crippen LogP contribution < -0.4 is 9.47 Å². The predicted octanol–water partition coefficient (Wildman–Crippen LogP) is 7.14. The molecule has 56 heavy (non-hydrogen) atoms. The summed E-state index contributed by atoms with van der Waals surface area (Å²) in [6.07, 6.45) is 17.6. The first-order valence-electron chi connectivity index (χ1n) is 20.3. The number of aliphatic hydroxyl groups excluding tert-OH is 2. The lowest BCUT2D eigenvalue weighted by molar-refractivity contribution is -0.0652. The summed E-state index contributed by atoms with van der Waals surface area (Å²) in [5.74, 6) is 0.522. The van der Waals surface area contributed by atoms with E-state index in [4.69, 9.17) is 28.0 Å². The zero-order chi connectivity index (χ0) is 40.2. The number of phosphoric acid groups is 1. The molecule has 0 aliphatic carbocycles. The minimum atomic E-state index is -4.77. The van der Waals surface area contributed by atoms with Crippen LogP contribution in [0.1, 0.15) is 121 Å². The molecule has 0 radical (unpaired) electrons. The second-order valence-electron chi connectivity index (χ2n) is 14.5. The fraction of sp³-hybridized carbons (Fsp3) is 0.700. The van der Waals surface area contributed by atoms with Gasteiger partial charge in [0.2, 0.25) is 5.60 Å². The maximum atomic E-state index is 13.0. The van der Waals surface area contributed by atoms with Gasteiger partial charge < -0.3 is 34.1 Å². The highest BCUT2D eigenvalue weighted by Crippen LogP contribution is 2.46. The van der Waals surface area contributed by atoms with Crippen molar-refractivity contribution < 1.29 is 47.7 Å². The topological polar surface area (TPSA) is 200 Å². The molecule has 312 valence electrons. The van der Waals surface area contributed by atoms with Gasteiger partial charge >= 0.3 is 7.82 Å². The summed E-state index contributed by atoms with van der Waals surface area (Å²) in [5.41, 5.74) is -0.697. The van der Waals surface area contributed by atoms with E-state index in [9.17, 15) is 24.9 Å². The number of hydrogen-bond donors (Lipinski definition) is 3. The lowest BCUT2D eigenvalue weighted by atomic mass is 9.92. The Hall–Kier alpha value is -3.19. The number of fused-ring (bicyclic) bond motifs is 1. The molecule has 6 atom stereocenters. The van der Waals surface area contributed by atoms with Gasteiger partial charge in [0.1, 0.15) is 36.8 Å². The van der Waals surface area contributed by atoms with Gasteiger partial charge in [-0.05, 0) is 37.6 Å². The Morgan fingerprint density at radius 1 is 0.929 bits per heavy atom. The zero-order valence-electron chi connectivity index (χ0n) is 33.3. The van der Waals surface area contributed by atoms with Crippen molar-refractivity contribution in [2.75, 3.05) is 33.5 Å². The van der Waals surface area contributed by atoms with Gasteiger partial charge in [0.25, 0.3) is 5.88 Å². The van der Waals surface area contributed by atoms with Crippen molar-refractivity contribution in [3.63, 3.8) is 0 Å². The Bertz CT molecular complexity index is 1670. The molecule has 4 rings (SSSR count). The third kappa shape index (κ3) is 13.5. The van der Waals surface area contributed by atoms with Crippen molar-refractivity contribution in [3.8, 4) is 17.7 Å². The van der Waals surface area contributed by atoms with E-state index in [1.54, 1.807) is 31.2 Å². The van der Waals surface area contributed by atoms with Crippen LogP contribution in [0.15, 0.2) is 36.8 Å². The number of aryl methyl sites for hydroxylation is 1. The lowest BCUT2D eigenvalue weighted by Crippen LogP contribution is -2.41. The molecule has 0 spiro atoms. The highest BCUT2D eigenvalue weighted by atomic mass is 31.2. The lowest BCUT2D eigenvalue weighted by Gasteiger charge is -2.24. The molecule has 1 unspecified atom stereocenters. The minimum absolute atomic E-state index is 0.0358. The minimum Gasteiger partial charge on any atom is -0.491 e. The van der Waals surface area contributed by atoms with Gasteiger partial charge in [-0.25, -0.2) is 19.0 Å². The molecule has 0 bridgehead atoms. The highest BCUT2D eigenvalue weighted by Gasteiger charge is 2.58. The number of aromatic nitrogens is 4. The first-order valence-corrected chi connectivity index (χ1v) is 21.8. The van der Waals surface area contributed by atoms with Crippen LogP contribution in [0.3, 0.4) is 0 Å². The van der Waals surface area contributed by atoms with E-state index in [1.165, 1.54) is 108 Å². The molecule has 1 saturated heterocycles. The molecule has 3 N–H and O–H groups in total. The van der Waals surface area contributed by atoms with Crippen molar-refractivity contribution >= 4 is 13.3 Å². The quantitative estimate of drug-likeness (QED) is 0.0472. The Balaban J connectivity index is 1.19. The standard InChI is InChI=1S/C40H62N5O10P/c1-4-5-6-7-8-9-10-11-12-13-14-15-16-17-18-19-25-51-26-32(54-39-34(50-3)21-20-24-42-39)27-52-56(48,49)53-28-35-37(46)38(47)40(29-41,55-35)36-23-22-33-31(2)43-30-44-45(33)36/h20-24,30,32,35,37-38,46-47H,4-19,25-28H2,1-3H3,(H,48,49)/t32-,35-,37-,38-,40+/m1/s1. The molecule has 3 aromatic rings. The largest absolute Gasteiger partial charge is 0.491 e. The summed E-state index contributed by atoms with van der Waals surface area (Å²) in [5, 5.41) is 36.2. The molecule has 15 nitrogen and oxygen atoms in total. The number of phosphoric ester groups is 1. The molecule has 1 aliphatic heterocycles. The number of pyridine rings is 1. The van der Waals surface area contributed by atoms with E-state index < -0.39 is 51.1 Å². The monoisotopic (exact) mass is 803 g/mol. The number of methoxy groups -OCH3 is 1.